The first-order valence-corrected chi connectivity index (χ1v) is 8.09. The zero-order valence-corrected chi connectivity index (χ0v) is 13.3. The van der Waals surface area contributed by atoms with Crippen molar-refractivity contribution in [2.24, 2.45) is 0 Å². The van der Waals surface area contributed by atoms with Gasteiger partial charge in [0.05, 0.1) is 11.4 Å². The molecule has 0 bridgehead atoms. The molecule has 23 heavy (non-hydrogen) atoms. The lowest BCUT2D eigenvalue weighted by molar-refractivity contribution is -0.165. The summed E-state index contributed by atoms with van der Waals surface area (Å²) in [5.41, 5.74) is 0.403. The zero-order chi connectivity index (χ0) is 16.4. The van der Waals surface area contributed by atoms with Crippen LogP contribution in [-0.2, 0) is 14.3 Å². The highest BCUT2D eigenvalue weighted by Gasteiger charge is 2.40. The molecule has 3 rings (SSSR count). The Morgan fingerprint density at radius 2 is 2.26 bits per heavy atom. The van der Waals surface area contributed by atoms with Crippen molar-refractivity contribution in [3.63, 3.8) is 0 Å². The number of esters is 1. The van der Waals surface area contributed by atoms with Crippen molar-refractivity contribution >= 4 is 29.2 Å². The summed E-state index contributed by atoms with van der Waals surface area (Å²) in [4.78, 5) is 26.3. The molecule has 5 nitrogen and oxygen atoms in total. The largest absolute Gasteiger partial charge is 0.463 e. The summed E-state index contributed by atoms with van der Waals surface area (Å²) < 4.78 is 18.3. The number of hydrogen-bond donors (Lipinski definition) is 1. The molecular formula is C16H18ClFN2O3. The van der Waals surface area contributed by atoms with Crippen molar-refractivity contribution < 1.29 is 18.7 Å². The quantitative estimate of drug-likeness (QED) is 0.859. The second-order valence-electron chi connectivity index (χ2n) is 5.91. The van der Waals surface area contributed by atoms with Gasteiger partial charge in [0.2, 0.25) is 5.91 Å². The molecule has 2 aliphatic heterocycles. The molecule has 124 valence electrons. The second kappa shape index (κ2) is 6.84. The van der Waals surface area contributed by atoms with E-state index in [1.165, 1.54) is 18.2 Å². The number of ether oxygens (including phenoxy) is 1. The molecule has 1 N–H and O–H groups in total. The van der Waals surface area contributed by atoms with Crippen LogP contribution in [0.25, 0.3) is 0 Å². The standard InChI is InChI=1S/C16H18ClFN2O3/c17-12-7-10(4-5-13(12)18)19-15(21)8-14-16(22)23-9-11-3-1-2-6-20(11)14/h4-5,7,11,14H,1-3,6,8-9H2,(H,19,21)/t11-,14-/m0/s1. The van der Waals surface area contributed by atoms with E-state index in [1.807, 2.05) is 0 Å². The van der Waals surface area contributed by atoms with Crippen molar-refractivity contribution in [3.8, 4) is 0 Å². The number of hydrogen-bond acceptors (Lipinski definition) is 4. The van der Waals surface area contributed by atoms with Gasteiger partial charge in [0.15, 0.2) is 0 Å². The number of benzene rings is 1. The molecule has 2 aliphatic rings. The minimum atomic E-state index is -0.551. The minimum Gasteiger partial charge on any atom is -0.463 e. The van der Waals surface area contributed by atoms with Gasteiger partial charge >= 0.3 is 5.97 Å². The van der Waals surface area contributed by atoms with Crippen LogP contribution in [0.1, 0.15) is 25.7 Å². The van der Waals surface area contributed by atoms with E-state index in [2.05, 4.69) is 10.2 Å². The Kier molecular flexibility index (Phi) is 4.82. The number of piperidine rings is 1. The number of nitrogens with one attached hydrogen (secondary N) is 1. The maximum atomic E-state index is 13.1. The summed E-state index contributed by atoms with van der Waals surface area (Å²) in [6.45, 7) is 1.21. The van der Waals surface area contributed by atoms with E-state index in [0.717, 1.165) is 25.8 Å². The Hall–Kier alpha value is -1.66. The third kappa shape index (κ3) is 3.64. The summed E-state index contributed by atoms with van der Waals surface area (Å²) in [6, 6.07) is 3.62. The van der Waals surface area contributed by atoms with E-state index < -0.39 is 11.9 Å². The summed E-state index contributed by atoms with van der Waals surface area (Å²) in [5, 5.41) is 2.59. The van der Waals surface area contributed by atoms with Crippen LogP contribution in [-0.4, -0.2) is 42.0 Å². The average Bonchev–Trinajstić information content (AvgIpc) is 2.54. The Morgan fingerprint density at radius 3 is 3.04 bits per heavy atom. The maximum absolute atomic E-state index is 13.1. The smallest absolute Gasteiger partial charge is 0.323 e. The normalized spacial score (nSPS) is 24.7. The highest BCUT2D eigenvalue weighted by atomic mass is 35.5. The predicted molar refractivity (Wildman–Crippen MR) is 83.7 cm³/mol. The van der Waals surface area contributed by atoms with E-state index in [9.17, 15) is 14.0 Å². The van der Waals surface area contributed by atoms with E-state index in [1.54, 1.807) is 0 Å². The van der Waals surface area contributed by atoms with E-state index in [-0.39, 0.29) is 29.4 Å². The monoisotopic (exact) mass is 340 g/mol. The molecular weight excluding hydrogens is 323 g/mol. The van der Waals surface area contributed by atoms with Crippen molar-refractivity contribution in [3.05, 3.63) is 29.0 Å². The van der Waals surface area contributed by atoms with Crippen molar-refractivity contribution in [1.29, 1.82) is 0 Å². The molecule has 0 aromatic heterocycles. The van der Waals surface area contributed by atoms with Gasteiger partial charge in [0, 0.05) is 11.7 Å². The number of fused-ring (bicyclic) bond motifs is 1. The number of cyclic esters (lactones) is 1. The first-order chi connectivity index (χ1) is 11.0. The molecule has 2 atom stereocenters. The SMILES string of the molecule is O=C(C[C@H]1C(=O)OC[C@@H]2CCCCN21)Nc1ccc(F)c(Cl)c1. The van der Waals surface area contributed by atoms with Crippen LogP contribution >= 0.6 is 11.6 Å². The van der Waals surface area contributed by atoms with Gasteiger partial charge in [0.1, 0.15) is 18.5 Å². The van der Waals surface area contributed by atoms with Crippen LogP contribution in [0.5, 0.6) is 0 Å². The fourth-order valence-corrected chi connectivity index (χ4v) is 3.36. The molecule has 1 aromatic carbocycles. The molecule has 2 heterocycles. The number of carbonyl (C=O) groups excluding carboxylic acids is 2. The molecule has 0 saturated carbocycles. The first-order valence-electron chi connectivity index (χ1n) is 7.72. The van der Waals surface area contributed by atoms with Gasteiger partial charge in [-0.3, -0.25) is 14.5 Å². The number of anilines is 1. The Labute approximate surface area is 138 Å². The zero-order valence-electron chi connectivity index (χ0n) is 12.6. The third-order valence-corrected chi connectivity index (χ3v) is 4.63. The number of amides is 1. The maximum Gasteiger partial charge on any atom is 0.323 e. The summed E-state index contributed by atoms with van der Waals surface area (Å²) >= 11 is 5.69. The average molecular weight is 341 g/mol. The van der Waals surface area contributed by atoms with Gasteiger partial charge in [-0.1, -0.05) is 18.0 Å². The van der Waals surface area contributed by atoms with Crippen LogP contribution in [0.2, 0.25) is 5.02 Å². The first kappa shape index (κ1) is 16.2. The molecule has 2 fully saturated rings. The Balaban J connectivity index is 1.65. The van der Waals surface area contributed by atoms with Crippen LogP contribution in [0, 0.1) is 5.82 Å². The van der Waals surface area contributed by atoms with Crippen LogP contribution in [0.15, 0.2) is 18.2 Å². The van der Waals surface area contributed by atoms with Crippen LogP contribution in [0.4, 0.5) is 10.1 Å². The predicted octanol–water partition coefficient (Wildman–Crippen LogP) is 2.59. The highest BCUT2D eigenvalue weighted by molar-refractivity contribution is 6.31. The van der Waals surface area contributed by atoms with Gasteiger partial charge in [-0.25, -0.2) is 4.39 Å². The number of carbonyl (C=O) groups is 2. The number of nitrogens with zero attached hydrogens (tertiary/aromatic N) is 1. The highest BCUT2D eigenvalue weighted by Crippen LogP contribution is 2.26. The number of halogens is 2. The van der Waals surface area contributed by atoms with Gasteiger partial charge in [0.25, 0.3) is 0 Å². The molecule has 0 aliphatic carbocycles. The molecule has 0 spiro atoms. The second-order valence-corrected chi connectivity index (χ2v) is 6.32. The molecule has 2 saturated heterocycles. The summed E-state index contributed by atoms with van der Waals surface area (Å²) in [5.74, 6) is -1.21. The van der Waals surface area contributed by atoms with Crippen molar-refractivity contribution in [2.45, 2.75) is 37.8 Å². The van der Waals surface area contributed by atoms with E-state index in [4.69, 9.17) is 16.3 Å². The lowest BCUT2D eigenvalue weighted by Crippen LogP contribution is -2.57. The lowest BCUT2D eigenvalue weighted by atomic mass is 9.97. The lowest BCUT2D eigenvalue weighted by Gasteiger charge is -2.43. The molecule has 1 amide bonds. The number of morpholine rings is 1. The molecule has 1 aromatic rings. The van der Waals surface area contributed by atoms with Crippen molar-refractivity contribution in [2.75, 3.05) is 18.5 Å². The molecule has 7 heteroatoms. The van der Waals surface area contributed by atoms with Crippen LogP contribution < -0.4 is 5.32 Å². The molecule has 0 radical (unpaired) electrons. The third-order valence-electron chi connectivity index (χ3n) is 4.35. The van der Waals surface area contributed by atoms with E-state index >= 15 is 0 Å². The summed E-state index contributed by atoms with van der Waals surface area (Å²) in [6.07, 6.45) is 3.14. The van der Waals surface area contributed by atoms with Gasteiger partial charge in [-0.05, 0) is 37.6 Å². The van der Waals surface area contributed by atoms with Crippen LogP contribution in [0.3, 0.4) is 0 Å². The summed E-state index contributed by atoms with van der Waals surface area (Å²) in [7, 11) is 0. The fraction of sp³-hybridized carbons (Fsp3) is 0.500. The van der Waals surface area contributed by atoms with Gasteiger partial charge in [-0.15, -0.1) is 0 Å². The topological polar surface area (TPSA) is 58.6 Å². The Bertz CT molecular complexity index is 625. The van der Waals surface area contributed by atoms with E-state index in [0.29, 0.717) is 12.3 Å². The Morgan fingerprint density at radius 1 is 1.43 bits per heavy atom. The van der Waals surface area contributed by atoms with Gasteiger partial charge < -0.3 is 10.1 Å². The number of rotatable bonds is 3. The fourth-order valence-electron chi connectivity index (χ4n) is 3.18. The van der Waals surface area contributed by atoms with Crippen molar-refractivity contribution in [1.82, 2.24) is 4.90 Å². The molecule has 0 unspecified atom stereocenters. The minimum absolute atomic E-state index is 0.0182. The van der Waals surface area contributed by atoms with Gasteiger partial charge in [-0.2, -0.15) is 0 Å².